The maximum absolute atomic E-state index is 13.7. The first-order valence-corrected chi connectivity index (χ1v) is 11.0. The predicted molar refractivity (Wildman–Crippen MR) is 96.4 cm³/mol. The van der Waals surface area contributed by atoms with Crippen molar-refractivity contribution >= 4 is 19.9 Å². The van der Waals surface area contributed by atoms with E-state index in [1.54, 1.807) is 0 Å². The molecule has 0 unspecified atom stereocenters. The Bertz CT molecular complexity index is 754. The average molecular weight is 384 g/mol. The Labute approximate surface area is 152 Å². The highest BCUT2D eigenvalue weighted by molar-refractivity contribution is 6.87. The highest BCUT2D eigenvalue weighted by atomic mass is 28.3. The molecule has 1 aromatic carbocycles. The van der Waals surface area contributed by atoms with Crippen molar-refractivity contribution in [1.29, 1.82) is 0 Å². The number of primary amides is 1. The van der Waals surface area contributed by atoms with E-state index >= 15 is 0 Å². The Morgan fingerprint density at radius 3 is 2.12 bits per heavy atom. The van der Waals surface area contributed by atoms with Crippen LogP contribution in [0.1, 0.15) is 37.6 Å². The van der Waals surface area contributed by atoms with Crippen LogP contribution >= 0.6 is 0 Å². The minimum Gasteiger partial charge on any atom is -0.368 e. The second kappa shape index (κ2) is 7.95. The Kier molecular flexibility index (Phi) is 6.66. The van der Waals surface area contributed by atoms with Gasteiger partial charge in [-0.2, -0.15) is 0 Å². The van der Waals surface area contributed by atoms with Gasteiger partial charge in [-0.1, -0.05) is 33.9 Å². The molecule has 8 heteroatoms. The molecule has 1 aromatic rings. The van der Waals surface area contributed by atoms with Gasteiger partial charge in [-0.3, -0.25) is 9.59 Å². The standard InChI is InChI=1S/C18H23F3N2O2Si/c1-18(2,3)26(4,5)8-6-7-14(16(22)24)23-17(25)15-12(20)9-11(19)10-13(15)21/h9-10,14H,7H2,1-5H3,(H2,22,24)(H,23,25)/t14-/m0/s1. The fourth-order valence-corrected chi connectivity index (χ4v) is 2.69. The second-order valence-corrected chi connectivity index (χ2v) is 12.6. The van der Waals surface area contributed by atoms with E-state index in [2.05, 4.69) is 50.6 Å². The fourth-order valence-electron chi connectivity index (χ4n) is 1.77. The number of benzene rings is 1. The molecule has 142 valence electrons. The van der Waals surface area contributed by atoms with Crippen molar-refractivity contribution in [3.63, 3.8) is 0 Å². The first-order valence-electron chi connectivity index (χ1n) is 8.01. The smallest absolute Gasteiger partial charge is 0.257 e. The van der Waals surface area contributed by atoms with Gasteiger partial charge in [0.2, 0.25) is 5.91 Å². The van der Waals surface area contributed by atoms with Crippen LogP contribution in [0.15, 0.2) is 12.1 Å². The number of hydrogen-bond donors (Lipinski definition) is 2. The normalized spacial score (nSPS) is 12.8. The molecular formula is C18H23F3N2O2Si. The molecular weight excluding hydrogens is 361 g/mol. The number of hydrogen-bond acceptors (Lipinski definition) is 2. The van der Waals surface area contributed by atoms with Gasteiger partial charge in [-0.25, -0.2) is 13.2 Å². The van der Waals surface area contributed by atoms with E-state index in [0.717, 1.165) is 0 Å². The Morgan fingerprint density at radius 1 is 1.19 bits per heavy atom. The van der Waals surface area contributed by atoms with E-state index < -0.39 is 48.9 Å². The van der Waals surface area contributed by atoms with E-state index in [0.29, 0.717) is 12.1 Å². The lowest BCUT2D eigenvalue weighted by atomic mass is 10.1. The number of halogens is 3. The molecule has 0 aliphatic rings. The number of nitrogens with one attached hydrogen (secondary N) is 1. The zero-order chi connectivity index (χ0) is 20.3. The maximum atomic E-state index is 13.7. The first-order chi connectivity index (χ1) is 11.8. The number of rotatable bonds is 4. The van der Waals surface area contributed by atoms with Crippen molar-refractivity contribution in [1.82, 2.24) is 5.32 Å². The summed E-state index contributed by atoms with van der Waals surface area (Å²) in [5.74, 6) is -3.10. The van der Waals surface area contributed by atoms with Crippen LogP contribution in [0.5, 0.6) is 0 Å². The van der Waals surface area contributed by atoms with Gasteiger partial charge in [0.1, 0.15) is 37.1 Å². The summed E-state index contributed by atoms with van der Waals surface area (Å²) < 4.78 is 40.3. The second-order valence-electron chi connectivity index (χ2n) is 7.55. The Morgan fingerprint density at radius 2 is 1.69 bits per heavy atom. The summed E-state index contributed by atoms with van der Waals surface area (Å²) in [5, 5.41) is 2.16. The molecule has 0 heterocycles. The fraction of sp³-hybridized carbons (Fsp3) is 0.444. The van der Waals surface area contributed by atoms with Crippen molar-refractivity contribution in [3.05, 3.63) is 35.1 Å². The zero-order valence-electron chi connectivity index (χ0n) is 15.5. The van der Waals surface area contributed by atoms with Crippen LogP contribution in [-0.2, 0) is 4.79 Å². The lowest BCUT2D eigenvalue weighted by molar-refractivity contribution is -0.119. The number of carbonyl (C=O) groups is 2. The highest BCUT2D eigenvalue weighted by Crippen LogP contribution is 2.35. The molecule has 2 amide bonds. The third-order valence-electron chi connectivity index (χ3n) is 4.46. The lowest BCUT2D eigenvalue weighted by Crippen LogP contribution is -2.45. The first kappa shape index (κ1) is 21.8. The maximum Gasteiger partial charge on any atom is 0.257 e. The van der Waals surface area contributed by atoms with Gasteiger partial charge in [-0.05, 0) is 5.04 Å². The predicted octanol–water partition coefficient (Wildman–Crippen LogP) is 3.13. The zero-order valence-corrected chi connectivity index (χ0v) is 16.5. The van der Waals surface area contributed by atoms with E-state index in [-0.39, 0.29) is 11.5 Å². The van der Waals surface area contributed by atoms with Gasteiger partial charge in [0.25, 0.3) is 5.91 Å². The topological polar surface area (TPSA) is 72.2 Å². The van der Waals surface area contributed by atoms with E-state index in [1.807, 2.05) is 0 Å². The quantitative estimate of drug-likeness (QED) is 0.618. The summed E-state index contributed by atoms with van der Waals surface area (Å²) in [7, 11) is -1.92. The molecule has 4 nitrogen and oxygen atoms in total. The molecule has 0 aliphatic heterocycles. The van der Waals surface area contributed by atoms with Crippen molar-refractivity contribution in [2.45, 2.75) is 51.4 Å². The number of amides is 2. The van der Waals surface area contributed by atoms with Crippen LogP contribution in [0, 0.1) is 28.9 Å². The third kappa shape index (κ3) is 5.36. The van der Waals surface area contributed by atoms with Crippen LogP contribution in [0.2, 0.25) is 18.1 Å². The summed E-state index contributed by atoms with van der Waals surface area (Å²) in [6.07, 6.45) is -0.0853. The minimum absolute atomic E-state index is 0.00579. The molecule has 0 spiro atoms. The third-order valence-corrected chi connectivity index (χ3v) is 9.02. The van der Waals surface area contributed by atoms with Gasteiger partial charge in [0.15, 0.2) is 0 Å². The molecule has 0 bridgehead atoms. The summed E-state index contributed by atoms with van der Waals surface area (Å²) in [4.78, 5) is 23.6. The van der Waals surface area contributed by atoms with Gasteiger partial charge in [0.05, 0.1) is 0 Å². The molecule has 0 aromatic heterocycles. The van der Waals surface area contributed by atoms with Crippen LogP contribution in [0.4, 0.5) is 13.2 Å². The van der Waals surface area contributed by atoms with Crippen molar-refractivity contribution in [2.75, 3.05) is 0 Å². The van der Waals surface area contributed by atoms with Gasteiger partial charge < -0.3 is 11.1 Å². The molecule has 0 fully saturated rings. The van der Waals surface area contributed by atoms with Crippen LogP contribution in [-0.4, -0.2) is 25.9 Å². The lowest BCUT2D eigenvalue weighted by Gasteiger charge is -2.31. The summed E-state index contributed by atoms with van der Waals surface area (Å²) in [5.41, 5.74) is 7.42. The van der Waals surface area contributed by atoms with Crippen LogP contribution < -0.4 is 11.1 Å². The van der Waals surface area contributed by atoms with Gasteiger partial charge >= 0.3 is 0 Å². The number of nitrogens with two attached hydrogens (primary N) is 1. The molecule has 26 heavy (non-hydrogen) atoms. The van der Waals surface area contributed by atoms with E-state index in [1.165, 1.54) is 0 Å². The molecule has 0 saturated heterocycles. The largest absolute Gasteiger partial charge is 0.368 e. The Balaban J connectivity index is 2.98. The highest BCUT2D eigenvalue weighted by Gasteiger charge is 2.33. The molecule has 0 aliphatic carbocycles. The minimum atomic E-state index is -1.92. The van der Waals surface area contributed by atoms with Crippen LogP contribution in [0.25, 0.3) is 0 Å². The molecule has 1 rings (SSSR count). The monoisotopic (exact) mass is 384 g/mol. The van der Waals surface area contributed by atoms with Crippen molar-refractivity contribution < 1.29 is 22.8 Å². The van der Waals surface area contributed by atoms with Crippen molar-refractivity contribution in [3.8, 4) is 11.5 Å². The molecule has 3 N–H and O–H groups in total. The average Bonchev–Trinajstić information content (AvgIpc) is 2.43. The molecule has 0 saturated carbocycles. The van der Waals surface area contributed by atoms with E-state index in [4.69, 9.17) is 5.73 Å². The summed E-state index contributed by atoms with van der Waals surface area (Å²) >= 11 is 0. The van der Waals surface area contributed by atoms with Crippen LogP contribution in [0.3, 0.4) is 0 Å². The Hall–Kier alpha value is -2.27. The van der Waals surface area contributed by atoms with Gasteiger partial charge in [0, 0.05) is 18.6 Å². The molecule has 0 radical (unpaired) electrons. The molecule has 1 atom stereocenters. The van der Waals surface area contributed by atoms with E-state index in [9.17, 15) is 22.8 Å². The van der Waals surface area contributed by atoms with Gasteiger partial charge in [-0.15, -0.1) is 11.5 Å². The van der Waals surface area contributed by atoms with Crippen molar-refractivity contribution in [2.24, 2.45) is 5.73 Å². The SMILES string of the molecule is CC(C)(C)[Si](C)(C)C#CC[C@H](NC(=O)c1c(F)cc(F)cc1F)C(N)=O. The summed E-state index contributed by atoms with van der Waals surface area (Å²) in [6.45, 7) is 10.4. The number of carbonyl (C=O) groups excluding carboxylic acids is 2. The summed E-state index contributed by atoms with van der Waals surface area (Å²) in [6, 6.07) is -0.452.